The molecule has 3 rings (SSSR count). The maximum atomic E-state index is 12.2. The largest absolute Gasteiger partial charge is 0.490 e. The van der Waals surface area contributed by atoms with E-state index < -0.39 is 24.2 Å². The average Bonchev–Trinajstić information content (AvgIpc) is 3.18. The monoisotopic (exact) mass is 458 g/mol. The molecule has 13 heteroatoms. The van der Waals surface area contributed by atoms with Gasteiger partial charge < -0.3 is 15.5 Å². The Morgan fingerprint density at radius 1 is 1.19 bits per heavy atom. The predicted molar refractivity (Wildman–Crippen MR) is 103 cm³/mol. The summed E-state index contributed by atoms with van der Waals surface area (Å²) < 4.78 is 33.6. The van der Waals surface area contributed by atoms with Crippen molar-refractivity contribution in [1.29, 1.82) is 0 Å². The number of amides is 1. The van der Waals surface area contributed by atoms with Gasteiger partial charge in [0.1, 0.15) is 6.04 Å². The van der Waals surface area contributed by atoms with Crippen molar-refractivity contribution in [1.82, 2.24) is 19.7 Å². The number of rotatable bonds is 6. The van der Waals surface area contributed by atoms with E-state index in [0.717, 1.165) is 15.4 Å². The van der Waals surface area contributed by atoms with Gasteiger partial charge in [0.25, 0.3) is 0 Å². The maximum absolute atomic E-state index is 12.2. The Morgan fingerprint density at radius 2 is 1.81 bits per heavy atom. The molecule has 3 heterocycles. The lowest BCUT2D eigenvalue weighted by Gasteiger charge is -2.14. The first kappa shape index (κ1) is 23.8. The van der Waals surface area contributed by atoms with Crippen LogP contribution in [0.3, 0.4) is 0 Å². The molecule has 0 spiro atoms. The van der Waals surface area contributed by atoms with Crippen LogP contribution in [-0.2, 0) is 27.2 Å². The fourth-order valence-electron chi connectivity index (χ4n) is 2.41. The van der Waals surface area contributed by atoms with E-state index in [1.807, 2.05) is 17.5 Å². The van der Waals surface area contributed by atoms with E-state index in [-0.39, 0.29) is 18.7 Å². The summed E-state index contributed by atoms with van der Waals surface area (Å²) in [6.07, 6.45) is 2.09. The second kappa shape index (κ2) is 10.0. The molecular formula is C18H17F3N4O5S. The zero-order valence-corrected chi connectivity index (χ0v) is 16.8. The summed E-state index contributed by atoms with van der Waals surface area (Å²) in [5.74, 6) is -4.19. The number of fused-ring (bicyclic) bond motifs is 1. The molecule has 0 saturated heterocycles. The summed E-state index contributed by atoms with van der Waals surface area (Å²) in [6, 6.07) is 2.48. The van der Waals surface area contributed by atoms with Crippen molar-refractivity contribution in [3.8, 4) is 0 Å². The molecule has 3 aromatic heterocycles. The number of alkyl halides is 3. The van der Waals surface area contributed by atoms with E-state index in [2.05, 4.69) is 15.3 Å². The molecule has 9 nitrogen and oxygen atoms in total. The molecule has 3 aromatic rings. The first-order valence-corrected chi connectivity index (χ1v) is 9.42. The molecule has 1 atom stereocenters. The zero-order chi connectivity index (χ0) is 23.2. The summed E-state index contributed by atoms with van der Waals surface area (Å²) in [5, 5.41) is 19.0. The molecule has 3 N–H and O–H groups in total. The highest BCUT2D eigenvalue weighted by Crippen LogP contribution is 2.17. The number of hydrogen-bond acceptors (Lipinski definition) is 6. The minimum atomic E-state index is -5.08. The maximum Gasteiger partial charge on any atom is 0.490 e. The quantitative estimate of drug-likeness (QED) is 0.515. The minimum Gasteiger partial charge on any atom is -0.480 e. The third kappa shape index (κ3) is 7.37. The third-order valence-electron chi connectivity index (χ3n) is 3.73. The van der Waals surface area contributed by atoms with E-state index in [0.29, 0.717) is 5.69 Å². The summed E-state index contributed by atoms with van der Waals surface area (Å²) in [7, 11) is 0. The van der Waals surface area contributed by atoms with Gasteiger partial charge in [-0.1, -0.05) is 0 Å². The predicted octanol–water partition coefficient (Wildman–Crippen LogP) is 2.09. The Morgan fingerprint density at radius 3 is 2.32 bits per heavy atom. The molecular weight excluding hydrogens is 441 g/mol. The van der Waals surface area contributed by atoms with Crippen molar-refractivity contribution in [2.24, 2.45) is 0 Å². The Labute approximate surface area is 177 Å². The lowest BCUT2D eigenvalue weighted by atomic mass is 10.1. The van der Waals surface area contributed by atoms with Gasteiger partial charge in [0, 0.05) is 36.1 Å². The lowest BCUT2D eigenvalue weighted by Crippen LogP contribution is -2.43. The molecule has 31 heavy (non-hydrogen) atoms. The average molecular weight is 458 g/mol. The number of nitrogens with one attached hydrogen (secondary N) is 1. The molecule has 0 aliphatic heterocycles. The molecule has 0 aliphatic carbocycles. The molecule has 0 aromatic carbocycles. The summed E-state index contributed by atoms with van der Waals surface area (Å²) in [5.41, 5.74) is 1.42. The van der Waals surface area contributed by atoms with E-state index in [1.165, 1.54) is 0 Å². The smallest absolute Gasteiger partial charge is 0.480 e. The van der Waals surface area contributed by atoms with E-state index in [4.69, 9.17) is 9.90 Å². The van der Waals surface area contributed by atoms with Gasteiger partial charge in [0.05, 0.1) is 12.1 Å². The minimum absolute atomic E-state index is 0.0492. The van der Waals surface area contributed by atoms with Crippen LogP contribution in [0.2, 0.25) is 0 Å². The first-order chi connectivity index (χ1) is 14.5. The highest BCUT2D eigenvalue weighted by Gasteiger charge is 2.38. The van der Waals surface area contributed by atoms with Crippen LogP contribution in [0.5, 0.6) is 0 Å². The molecule has 0 aliphatic rings. The van der Waals surface area contributed by atoms with Crippen LogP contribution >= 0.6 is 11.3 Å². The van der Waals surface area contributed by atoms with E-state index in [1.54, 1.807) is 42.1 Å². The van der Waals surface area contributed by atoms with Crippen LogP contribution in [0.25, 0.3) is 4.96 Å². The summed E-state index contributed by atoms with van der Waals surface area (Å²) >= 11 is 1.54. The molecule has 166 valence electrons. The van der Waals surface area contributed by atoms with E-state index in [9.17, 15) is 27.9 Å². The van der Waals surface area contributed by atoms with Gasteiger partial charge in [-0.15, -0.1) is 11.3 Å². The van der Waals surface area contributed by atoms with Crippen molar-refractivity contribution >= 4 is 34.1 Å². The van der Waals surface area contributed by atoms with Crippen molar-refractivity contribution in [2.75, 3.05) is 0 Å². The van der Waals surface area contributed by atoms with E-state index >= 15 is 0 Å². The SMILES string of the molecule is Cc1cn2cc(CC(=O)NC(Cc3ccncc3)C(=O)O)nc2s1.O=C(O)C(F)(F)F. The number of carboxylic acids is 2. The second-order valence-corrected chi connectivity index (χ2v) is 7.47. The van der Waals surface area contributed by atoms with Gasteiger partial charge in [-0.3, -0.25) is 14.2 Å². The number of nitrogens with zero attached hydrogens (tertiary/aromatic N) is 3. The van der Waals surface area contributed by atoms with Gasteiger partial charge in [-0.25, -0.2) is 14.6 Å². The van der Waals surface area contributed by atoms with Gasteiger partial charge in [-0.2, -0.15) is 13.2 Å². The van der Waals surface area contributed by atoms with Crippen molar-refractivity contribution in [3.05, 3.63) is 53.1 Å². The fourth-order valence-corrected chi connectivity index (χ4v) is 3.24. The van der Waals surface area contributed by atoms with Crippen molar-refractivity contribution < 1.29 is 37.8 Å². The van der Waals surface area contributed by atoms with Gasteiger partial charge >= 0.3 is 18.1 Å². The van der Waals surface area contributed by atoms with Gasteiger partial charge in [0.15, 0.2) is 4.96 Å². The van der Waals surface area contributed by atoms with Gasteiger partial charge in [-0.05, 0) is 24.6 Å². The number of carbonyl (C=O) groups is 3. The summed E-state index contributed by atoms with van der Waals surface area (Å²) in [6.45, 7) is 1.99. The number of hydrogen-bond donors (Lipinski definition) is 3. The van der Waals surface area contributed by atoms with Crippen LogP contribution in [0.1, 0.15) is 16.1 Å². The number of imidazole rings is 1. The number of pyridine rings is 1. The fraction of sp³-hybridized carbons (Fsp3) is 0.278. The molecule has 1 amide bonds. The highest BCUT2D eigenvalue weighted by molar-refractivity contribution is 7.16. The Hall–Kier alpha value is -3.48. The summed E-state index contributed by atoms with van der Waals surface area (Å²) in [4.78, 5) is 42.7. The molecule has 0 bridgehead atoms. The van der Waals surface area contributed by atoms with Gasteiger partial charge in [0.2, 0.25) is 5.91 Å². The molecule has 0 radical (unpaired) electrons. The zero-order valence-electron chi connectivity index (χ0n) is 16.0. The van der Waals surface area contributed by atoms with Crippen molar-refractivity contribution in [3.63, 3.8) is 0 Å². The Kier molecular flexibility index (Phi) is 7.69. The highest BCUT2D eigenvalue weighted by atomic mass is 32.1. The Bertz CT molecular complexity index is 1030. The first-order valence-electron chi connectivity index (χ1n) is 8.61. The van der Waals surface area contributed by atoms with Crippen LogP contribution in [0.4, 0.5) is 13.2 Å². The number of aliphatic carboxylic acids is 2. The van der Waals surface area contributed by atoms with Crippen LogP contribution in [0, 0.1) is 6.92 Å². The molecule has 0 saturated carbocycles. The number of carbonyl (C=O) groups excluding carboxylic acids is 1. The standard InChI is InChI=1S/C16H16N4O3S.C2HF3O2/c1-10-8-20-9-12(18-16(20)24-10)7-14(21)19-13(15(22)23)6-11-2-4-17-5-3-11;3-2(4,5)1(6)7/h2-5,8-9,13H,6-7H2,1H3,(H,19,21)(H,22,23);(H,6,7). The number of aromatic nitrogens is 3. The van der Waals surface area contributed by atoms with Crippen LogP contribution < -0.4 is 5.32 Å². The van der Waals surface area contributed by atoms with Crippen LogP contribution in [0.15, 0.2) is 36.9 Å². The number of thiazole rings is 1. The molecule has 0 fully saturated rings. The number of aryl methyl sites for hydroxylation is 1. The normalized spacial score (nSPS) is 12.0. The topological polar surface area (TPSA) is 134 Å². The lowest BCUT2D eigenvalue weighted by molar-refractivity contribution is -0.192. The third-order valence-corrected chi connectivity index (χ3v) is 4.64. The number of carboxylic acid groups (broad SMARTS) is 2. The second-order valence-electron chi connectivity index (χ2n) is 6.26. The number of halogens is 3. The van der Waals surface area contributed by atoms with Crippen molar-refractivity contribution in [2.45, 2.75) is 32.0 Å². The Balaban J connectivity index is 0.000000423. The molecule has 1 unspecified atom stereocenters. The van der Waals surface area contributed by atoms with Crippen LogP contribution in [-0.4, -0.2) is 54.6 Å².